The first kappa shape index (κ1) is 27.8. The van der Waals surface area contributed by atoms with E-state index in [4.69, 9.17) is 11.6 Å². The molecular weight excluding hydrogens is 514 g/mol. The molecule has 0 aliphatic rings. The number of carbonyl (C=O) groups excluding carboxylic acids is 2. The monoisotopic (exact) mass is 545 g/mol. The van der Waals surface area contributed by atoms with Gasteiger partial charge in [0, 0.05) is 59.6 Å². The number of hydrogen-bond acceptors (Lipinski definition) is 6. The highest BCUT2D eigenvalue weighted by atomic mass is 35.5. The number of para-hydroxylation sites is 1. The first-order valence-corrected chi connectivity index (χ1v) is 13.1. The van der Waals surface area contributed by atoms with Crippen LogP contribution in [0.2, 0.25) is 5.02 Å². The minimum atomic E-state index is -0.121. The second-order valence-electron chi connectivity index (χ2n) is 9.30. The van der Waals surface area contributed by atoms with E-state index < -0.39 is 0 Å². The molecule has 0 radical (unpaired) electrons. The lowest BCUT2D eigenvalue weighted by molar-refractivity contribution is -0.116. The van der Waals surface area contributed by atoms with Gasteiger partial charge in [-0.3, -0.25) is 9.59 Å². The Morgan fingerprint density at radius 2 is 1.90 bits per heavy atom. The van der Waals surface area contributed by atoms with Gasteiger partial charge in [0.1, 0.15) is 0 Å². The number of amides is 2. The van der Waals surface area contributed by atoms with Crippen LogP contribution in [-0.2, 0) is 9.59 Å². The van der Waals surface area contributed by atoms with Gasteiger partial charge in [-0.15, -0.1) is 0 Å². The summed E-state index contributed by atoms with van der Waals surface area (Å²) in [6.45, 7) is 1.24. The van der Waals surface area contributed by atoms with E-state index in [2.05, 4.69) is 30.9 Å². The molecule has 0 unspecified atom stereocenters. The molecule has 4 N–H and O–H groups in total. The van der Waals surface area contributed by atoms with E-state index in [1.165, 1.54) is 6.08 Å². The third-order valence-electron chi connectivity index (χ3n) is 5.86. The van der Waals surface area contributed by atoms with Crippen LogP contribution in [0.1, 0.15) is 19.3 Å². The quantitative estimate of drug-likeness (QED) is 0.141. The summed E-state index contributed by atoms with van der Waals surface area (Å²) < 4.78 is 0. The van der Waals surface area contributed by atoms with Crippen LogP contribution in [-0.4, -0.2) is 58.9 Å². The molecule has 9 nitrogen and oxygen atoms in total. The van der Waals surface area contributed by atoms with Crippen LogP contribution < -0.4 is 16.0 Å². The fourth-order valence-electron chi connectivity index (χ4n) is 3.96. The van der Waals surface area contributed by atoms with Crippen molar-refractivity contribution in [1.82, 2.24) is 25.2 Å². The number of aromatic nitrogens is 3. The Bertz CT molecular complexity index is 1470. The van der Waals surface area contributed by atoms with E-state index in [0.717, 1.165) is 28.6 Å². The fraction of sp³-hybridized carbons (Fsp3) is 0.241. The summed E-state index contributed by atoms with van der Waals surface area (Å²) in [4.78, 5) is 38.4. The summed E-state index contributed by atoms with van der Waals surface area (Å²) in [6, 6.07) is 15.3. The second kappa shape index (κ2) is 13.5. The van der Waals surface area contributed by atoms with Crippen molar-refractivity contribution < 1.29 is 9.59 Å². The SMILES string of the molecule is CN(C)C/C=C/C(=O)NCCCCC(=O)Nc1cccc(Nc2ncc(Cl)c(-c3c[nH]c4ccccc34)n2)c1. The highest BCUT2D eigenvalue weighted by Gasteiger charge is 2.13. The maximum Gasteiger partial charge on any atom is 0.243 e. The Kier molecular flexibility index (Phi) is 9.66. The smallest absolute Gasteiger partial charge is 0.243 e. The van der Waals surface area contributed by atoms with Crippen LogP contribution in [0, 0.1) is 0 Å². The lowest BCUT2D eigenvalue weighted by Gasteiger charge is -2.10. The molecule has 0 aliphatic heterocycles. The molecule has 4 aromatic rings. The number of hydrogen-bond donors (Lipinski definition) is 4. The highest BCUT2D eigenvalue weighted by molar-refractivity contribution is 6.33. The minimum Gasteiger partial charge on any atom is -0.360 e. The van der Waals surface area contributed by atoms with E-state index >= 15 is 0 Å². The van der Waals surface area contributed by atoms with Crippen LogP contribution >= 0.6 is 11.6 Å². The number of H-pyrrole nitrogens is 1. The lowest BCUT2D eigenvalue weighted by atomic mass is 10.1. The van der Waals surface area contributed by atoms with Gasteiger partial charge in [0.2, 0.25) is 17.8 Å². The maximum atomic E-state index is 12.4. The maximum absolute atomic E-state index is 12.4. The average molecular weight is 546 g/mol. The predicted molar refractivity (Wildman–Crippen MR) is 157 cm³/mol. The van der Waals surface area contributed by atoms with E-state index in [0.29, 0.717) is 48.3 Å². The molecule has 4 rings (SSSR count). The largest absolute Gasteiger partial charge is 0.360 e. The average Bonchev–Trinajstić information content (AvgIpc) is 3.33. The Morgan fingerprint density at radius 1 is 1.08 bits per heavy atom. The number of likely N-dealkylation sites (N-methyl/N-ethyl adjacent to an activating group) is 1. The molecule has 39 heavy (non-hydrogen) atoms. The minimum absolute atomic E-state index is 0.0891. The van der Waals surface area contributed by atoms with Crippen molar-refractivity contribution in [3.05, 3.63) is 78.1 Å². The van der Waals surface area contributed by atoms with Crippen molar-refractivity contribution in [2.24, 2.45) is 0 Å². The first-order valence-electron chi connectivity index (χ1n) is 12.7. The molecule has 0 saturated heterocycles. The van der Waals surface area contributed by atoms with Gasteiger partial charge in [0.05, 0.1) is 16.9 Å². The molecule has 0 bridgehead atoms. The van der Waals surface area contributed by atoms with Crippen molar-refractivity contribution in [3.8, 4) is 11.3 Å². The molecule has 0 atom stereocenters. The molecule has 0 saturated carbocycles. The molecule has 0 spiro atoms. The standard InChI is InChI=1S/C29H32ClN7O2/c1-37(2)16-8-14-26(38)31-15-6-5-13-27(39)34-20-9-7-10-21(17-20)35-29-33-19-24(30)28(36-29)23-18-32-25-12-4-3-11-22(23)25/h3-4,7-12,14,17-19,32H,5-6,13,15-16H2,1-2H3,(H,31,38)(H,34,39)(H,33,35,36)/b14-8+. The van der Waals surface area contributed by atoms with Gasteiger partial charge in [-0.25, -0.2) is 9.97 Å². The number of benzene rings is 2. The van der Waals surface area contributed by atoms with Gasteiger partial charge in [0.15, 0.2) is 0 Å². The van der Waals surface area contributed by atoms with Crippen molar-refractivity contribution in [2.45, 2.75) is 19.3 Å². The first-order chi connectivity index (χ1) is 18.9. The number of anilines is 3. The van der Waals surface area contributed by atoms with Gasteiger partial charge in [0.25, 0.3) is 0 Å². The number of unbranched alkanes of at least 4 members (excludes halogenated alkanes) is 1. The zero-order valence-corrected chi connectivity index (χ0v) is 22.8. The van der Waals surface area contributed by atoms with Crippen molar-refractivity contribution in [1.29, 1.82) is 0 Å². The molecule has 2 amide bonds. The van der Waals surface area contributed by atoms with Crippen LogP contribution in [0.4, 0.5) is 17.3 Å². The summed E-state index contributed by atoms with van der Waals surface area (Å²) in [5.74, 6) is 0.180. The van der Waals surface area contributed by atoms with Crippen LogP contribution in [0.5, 0.6) is 0 Å². The molecule has 10 heteroatoms. The van der Waals surface area contributed by atoms with Crippen LogP contribution in [0.3, 0.4) is 0 Å². The van der Waals surface area contributed by atoms with Crippen molar-refractivity contribution in [2.75, 3.05) is 37.8 Å². The summed E-state index contributed by atoms with van der Waals surface area (Å²) in [5, 5.41) is 10.4. The van der Waals surface area contributed by atoms with Gasteiger partial charge in [-0.1, -0.05) is 41.9 Å². The zero-order chi connectivity index (χ0) is 27.6. The molecular formula is C29H32ClN7O2. The second-order valence-corrected chi connectivity index (χ2v) is 9.71. The van der Waals surface area contributed by atoms with Gasteiger partial charge >= 0.3 is 0 Å². The fourth-order valence-corrected chi connectivity index (χ4v) is 4.16. The van der Waals surface area contributed by atoms with Gasteiger partial charge in [-0.2, -0.15) is 0 Å². The number of halogens is 1. The number of aromatic amines is 1. The summed E-state index contributed by atoms with van der Waals surface area (Å²) in [5.41, 5.74) is 3.90. The Balaban J connectivity index is 1.28. The van der Waals surface area contributed by atoms with E-state index in [-0.39, 0.29) is 11.8 Å². The van der Waals surface area contributed by atoms with Gasteiger partial charge < -0.3 is 25.8 Å². The predicted octanol–water partition coefficient (Wildman–Crippen LogP) is 5.36. The number of fused-ring (bicyclic) bond motifs is 1. The Hall–Kier alpha value is -4.21. The third kappa shape index (κ3) is 8.13. The van der Waals surface area contributed by atoms with Gasteiger partial charge in [-0.05, 0) is 51.2 Å². The molecule has 0 fully saturated rings. The topological polar surface area (TPSA) is 115 Å². The Labute approximate surface area is 232 Å². The summed E-state index contributed by atoms with van der Waals surface area (Å²) in [6.07, 6.45) is 8.55. The summed E-state index contributed by atoms with van der Waals surface area (Å²) >= 11 is 6.44. The number of rotatable bonds is 12. The number of carbonyl (C=O) groups is 2. The lowest BCUT2D eigenvalue weighted by Crippen LogP contribution is -2.23. The van der Waals surface area contributed by atoms with E-state index in [9.17, 15) is 9.59 Å². The molecule has 2 aromatic carbocycles. The zero-order valence-electron chi connectivity index (χ0n) is 22.0. The molecule has 2 aromatic heterocycles. The Morgan fingerprint density at radius 3 is 2.74 bits per heavy atom. The van der Waals surface area contributed by atoms with Crippen LogP contribution in [0.25, 0.3) is 22.2 Å². The highest BCUT2D eigenvalue weighted by Crippen LogP contribution is 2.32. The summed E-state index contributed by atoms with van der Waals surface area (Å²) in [7, 11) is 3.88. The number of nitrogens with zero attached hydrogens (tertiary/aromatic N) is 3. The van der Waals surface area contributed by atoms with Crippen molar-refractivity contribution >= 4 is 51.6 Å². The molecule has 2 heterocycles. The van der Waals surface area contributed by atoms with Crippen molar-refractivity contribution in [3.63, 3.8) is 0 Å². The van der Waals surface area contributed by atoms with Crippen LogP contribution in [0.15, 0.2) is 73.1 Å². The third-order valence-corrected chi connectivity index (χ3v) is 6.14. The number of nitrogens with one attached hydrogen (secondary N) is 4. The normalized spacial score (nSPS) is 11.3. The van der Waals surface area contributed by atoms with E-state index in [1.54, 1.807) is 6.20 Å². The van der Waals surface area contributed by atoms with E-state index in [1.807, 2.05) is 79.8 Å². The molecule has 202 valence electrons. The molecule has 0 aliphatic carbocycles.